The summed E-state index contributed by atoms with van der Waals surface area (Å²) in [7, 11) is 1.54. The number of methoxy groups -OCH3 is 1. The number of nitrogen functional groups attached to an aromatic ring is 1. The van der Waals surface area contributed by atoms with Crippen molar-refractivity contribution in [3.8, 4) is 28.7 Å². The Bertz CT molecular complexity index is 737. The molecule has 2 heterocycles. The van der Waals surface area contributed by atoms with Crippen LogP contribution in [0.1, 0.15) is 0 Å². The van der Waals surface area contributed by atoms with E-state index in [1.54, 1.807) is 18.3 Å². The van der Waals surface area contributed by atoms with E-state index in [4.69, 9.17) is 26.6 Å². The van der Waals surface area contributed by atoms with Crippen LogP contribution in [0.25, 0.3) is 23.0 Å². The van der Waals surface area contributed by atoms with E-state index < -0.39 is 0 Å². The molecule has 2 aromatic heterocycles. The maximum atomic E-state index is 6.02. The van der Waals surface area contributed by atoms with Gasteiger partial charge in [-0.15, -0.1) is 0 Å². The first-order valence-electron chi connectivity index (χ1n) is 5.80. The molecule has 0 aliphatic rings. The molecule has 0 bridgehead atoms. The van der Waals surface area contributed by atoms with E-state index in [-0.39, 0.29) is 0 Å². The second-order valence-electron chi connectivity index (χ2n) is 4.08. The molecule has 1 aromatic carbocycles. The zero-order chi connectivity index (χ0) is 14.1. The third kappa shape index (κ3) is 2.10. The van der Waals surface area contributed by atoms with Crippen LogP contribution < -0.4 is 10.5 Å². The molecule has 0 fully saturated rings. The second-order valence-corrected chi connectivity index (χ2v) is 4.49. The Kier molecular flexibility index (Phi) is 3.08. The van der Waals surface area contributed by atoms with E-state index in [0.29, 0.717) is 33.7 Å². The number of anilines is 1. The van der Waals surface area contributed by atoms with Crippen molar-refractivity contribution in [2.24, 2.45) is 0 Å². The predicted molar refractivity (Wildman–Crippen MR) is 75.5 cm³/mol. The minimum absolute atomic E-state index is 0.313. The van der Waals surface area contributed by atoms with Crippen molar-refractivity contribution in [2.75, 3.05) is 12.8 Å². The van der Waals surface area contributed by atoms with Gasteiger partial charge in [0, 0.05) is 12.3 Å². The number of nitrogens with zero attached hydrogens (tertiary/aromatic N) is 2. The highest BCUT2D eigenvalue weighted by atomic mass is 35.5. The molecular formula is C13H11ClN4O2. The minimum atomic E-state index is 0.313. The van der Waals surface area contributed by atoms with Gasteiger partial charge in [-0.05, 0) is 18.2 Å². The number of rotatable bonds is 3. The molecule has 3 N–H and O–H groups in total. The van der Waals surface area contributed by atoms with Crippen molar-refractivity contribution in [3.05, 3.63) is 35.5 Å². The van der Waals surface area contributed by atoms with Crippen LogP contribution in [0.3, 0.4) is 0 Å². The number of nitrogens with two attached hydrogens (primary N) is 1. The van der Waals surface area contributed by atoms with Gasteiger partial charge in [0.1, 0.15) is 5.75 Å². The molecule has 6 nitrogen and oxygen atoms in total. The molecule has 0 amide bonds. The van der Waals surface area contributed by atoms with Crippen LogP contribution in [-0.4, -0.2) is 22.2 Å². The van der Waals surface area contributed by atoms with E-state index in [9.17, 15) is 0 Å². The molecule has 20 heavy (non-hydrogen) atoms. The zero-order valence-electron chi connectivity index (χ0n) is 10.6. The van der Waals surface area contributed by atoms with Crippen molar-refractivity contribution in [1.82, 2.24) is 15.1 Å². The fourth-order valence-corrected chi connectivity index (χ4v) is 1.98. The Balaban J connectivity index is 2.07. The average Bonchev–Trinajstić information content (AvgIpc) is 3.10. The van der Waals surface area contributed by atoms with Gasteiger partial charge in [0.05, 0.1) is 29.1 Å². The van der Waals surface area contributed by atoms with Crippen molar-refractivity contribution in [3.63, 3.8) is 0 Å². The summed E-state index contributed by atoms with van der Waals surface area (Å²) >= 11 is 6.02. The van der Waals surface area contributed by atoms with Gasteiger partial charge in [0.2, 0.25) is 5.82 Å². The molecule has 0 aliphatic carbocycles. The lowest BCUT2D eigenvalue weighted by atomic mass is 10.2. The van der Waals surface area contributed by atoms with Gasteiger partial charge in [-0.3, -0.25) is 0 Å². The van der Waals surface area contributed by atoms with Crippen molar-refractivity contribution < 1.29 is 9.26 Å². The maximum absolute atomic E-state index is 6.02. The number of nitrogens with one attached hydrogen (secondary N) is 1. The summed E-state index contributed by atoms with van der Waals surface area (Å²) in [6.45, 7) is 0. The van der Waals surface area contributed by atoms with E-state index in [1.165, 1.54) is 7.11 Å². The van der Waals surface area contributed by atoms with Crippen molar-refractivity contribution in [1.29, 1.82) is 0 Å². The van der Waals surface area contributed by atoms with E-state index in [0.717, 1.165) is 5.69 Å². The number of aromatic nitrogens is 3. The fraction of sp³-hybridized carbons (Fsp3) is 0.0769. The third-order valence-corrected chi connectivity index (χ3v) is 3.14. The standard InChI is InChI=1S/C13H11ClN4O2/c1-19-11-6-9(15)8(14)5-7(11)13-17-12(18-20-13)10-3-2-4-16-10/h2-6,16H,15H2,1H3. The highest BCUT2D eigenvalue weighted by Gasteiger charge is 2.17. The fourth-order valence-electron chi connectivity index (χ4n) is 1.82. The van der Waals surface area contributed by atoms with E-state index >= 15 is 0 Å². The van der Waals surface area contributed by atoms with Gasteiger partial charge in [-0.2, -0.15) is 4.98 Å². The Morgan fingerprint density at radius 2 is 2.25 bits per heavy atom. The molecule has 0 aliphatic heterocycles. The lowest BCUT2D eigenvalue weighted by molar-refractivity contribution is 0.405. The van der Waals surface area contributed by atoms with Crippen LogP contribution in [0.5, 0.6) is 5.75 Å². The lowest BCUT2D eigenvalue weighted by Crippen LogP contribution is -1.93. The topological polar surface area (TPSA) is 90.0 Å². The molecule has 0 saturated heterocycles. The molecule has 0 radical (unpaired) electrons. The van der Waals surface area contributed by atoms with Crippen LogP contribution in [0, 0.1) is 0 Å². The van der Waals surface area contributed by atoms with Crippen LogP contribution in [0.15, 0.2) is 35.0 Å². The number of halogens is 1. The molecule has 3 aromatic rings. The predicted octanol–water partition coefficient (Wildman–Crippen LogP) is 2.98. The average molecular weight is 291 g/mol. The Morgan fingerprint density at radius 1 is 1.40 bits per heavy atom. The Labute approximate surface area is 119 Å². The van der Waals surface area contributed by atoms with Gasteiger partial charge < -0.3 is 20.0 Å². The first-order chi connectivity index (χ1) is 9.69. The van der Waals surface area contributed by atoms with E-state index in [1.807, 2.05) is 12.1 Å². The molecular weight excluding hydrogens is 280 g/mol. The van der Waals surface area contributed by atoms with E-state index in [2.05, 4.69) is 15.1 Å². The first-order valence-corrected chi connectivity index (χ1v) is 6.17. The number of benzene rings is 1. The summed E-state index contributed by atoms with van der Waals surface area (Å²) in [4.78, 5) is 7.32. The summed E-state index contributed by atoms with van der Waals surface area (Å²) < 4.78 is 10.5. The van der Waals surface area contributed by atoms with Crippen LogP contribution in [0.2, 0.25) is 5.02 Å². The van der Waals surface area contributed by atoms with Gasteiger partial charge in [-0.1, -0.05) is 16.8 Å². The summed E-state index contributed by atoms with van der Waals surface area (Å²) in [5.74, 6) is 1.29. The number of H-pyrrole nitrogens is 1. The highest BCUT2D eigenvalue weighted by molar-refractivity contribution is 6.33. The number of ether oxygens (including phenoxy) is 1. The lowest BCUT2D eigenvalue weighted by Gasteiger charge is -2.07. The Morgan fingerprint density at radius 3 is 2.95 bits per heavy atom. The number of hydrogen-bond donors (Lipinski definition) is 2. The summed E-state index contributed by atoms with van der Waals surface area (Å²) in [5, 5.41) is 4.32. The Hall–Kier alpha value is -2.47. The number of aromatic amines is 1. The van der Waals surface area contributed by atoms with Gasteiger partial charge >= 0.3 is 0 Å². The molecule has 0 spiro atoms. The van der Waals surface area contributed by atoms with Crippen LogP contribution >= 0.6 is 11.6 Å². The third-order valence-electron chi connectivity index (χ3n) is 2.81. The zero-order valence-corrected chi connectivity index (χ0v) is 11.3. The monoisotopic (exact) mass is 290 g/mol. The van der Waals surface area contributed by atoms with Crippen LogP contribution in [-0.2, 0) is 0 Å². The highest BCUT2D eigenvalue weighted by Crippen LogP contribution is 2.35. The molecule has 0 atom stereocenters. The SMILES string of the molecule is COc1cc(N)c(Cl)cc1-c1nc(-c2ccc[nH]2)no1. The minimum Gasteiger partial charge on any atom is -0.496 e. The maximum Gasteiger partial charge on any atom is 0.262 e. The summed E-state index contributed by atoms with van der Waals surface area (Å²) in [5.41, 5.74) is 7.53. The van der Waals surface area contributed by atoms with Gasteiger partial charge in [0.25, 0.3) is 5.89 Å². The molecule has 0 saturated carbocycles. The quantitative estimate of drug-likeness (QED) is 0.724. The molecule has 0 unspecified atom stereocenters. The normalized spacial score (nSPS) is 10.7. The summed E-state index contributed by atoms with van der Waals surface area (Å²) in [6, 6.07) is 6.96. The molecule has 102 valence electrons. The molecule has 3 rings (SSSR count). The van der Waals surface area contributed by atoms with Crippen molar-refractivity contribution >= 4 is 17.3 Å². The largest absolute Gasteiger partial charge is 0.496 e. The van der Waals surface area contributed by atoms with Gasteiger partial charge in [-0.25, -0.2) is 0 Å². The molecule has 7 heteroatoms. The number of hydrogen-bond acceptors (Lipinski definition) is 5. The summed E-state index contributed by atoms with van der Waals surface area (Å²) in [6.07, 6.45) is 1.78. The van der Waals surface area contributed by atoms with Gasteiger partial charge in [0.15, 0.2) is 0 Å². The smallest absolute Gasteiger partial charge is 0.262 e. The first kappa shape index (κ1) is 12.6. The van der Waals surface area contributed by atoms with Crippen molar-refractivity contribution in [2.45, 2.75) is 0 Å². The second kappa shape index (κ2) is 4.90. The van der Waals surface area contributed by atoms with Crippen LogP contribution in [0.4, 0.5) is 5.69 Å².